The Morgan fingerprint density at radius 3 is 3.05 bits per heavy atom. The molecule has 3 aromatic rings. The highest BCUT2D eigenvalue weighted by Gasteiger charge is 2.25. The minimum Gasteiger partial charge on any atom is -0.507 e. The van der Waals surface area contributed by atoms with E-state index in [0.717, 1.165) is 24.9 Å². The fourth-order valence-electron chi connectivity index (χ4n) is 2.42. The Kier molecular flexibility index (Phi) is 2.86. The van der Waals surface area contributed by atoms with Gasteiger partial charge in [-0.3, -0.25) is 0 Å². The van der Waals surface area contributed by atoms with Crippen molar-refractivity contribution in [2.45, 2.75) is 12.3 Å². The fraction of sp³-hybridized carbons (Fsp3) is 0.308. The summed E-state index contributed by atoms with van der Waals surface area (Å²) in [7, 11) is 0. The van der Waals surface area contributed by atoms with E-state index >= 15 is 0 Å². The number of aromatic nitrogens is 4. The zero-order valence-corrected chi connectivity index (χ0v) is 11.7. The summed E-state index contributed by atoms with van der Waals surface area (Å²) < 4.78 is 20.1. The molecule has 0 amide bonds. The number of phenols is 1. The molecule has 0 bridgehead atoms. The van der Waals surface area contributed by atoms with Crippen LogP contribution in [0.15, 0.2) is 18.2 Å². The first-order chi connectivity index (χ1) is 10.2. The van der Waals surface area contributed by atoms with Crippen LogP contribution in [0.4, 0.5) is 4.39 Å². The molecule has 8 heteroatoms. The second-order valence-electron chi connectivity index (χ2n) is 4.88. The van der Waals surface area contributed by atoms with Crippen LogP contribution in [0.3, 0.4) is 0 Å². The highest BCUT2D eigenvalue weighted by Crippen LogP contribution is 2.34. The third-order valence-corrected chi connectivity index (χ3v) is 4.43. The number of aromatic hydroxyl groups is 1. The third kappa shape index (κ3) is 2.07. The fourth-order valence-corrected chi connectivity index (χ4v) is 3.30. The molecule has 1 fully saturated rings. The van der Waals surface area contributed by atoms with Gasteiger partial charge in [0, 0.05) is 18.6 Å². The first-order valence-electron chi connectivity index (χ1n) is 6.51. The van der Waals surface area contributed by atoms with Crippen LogP contribution in [0.1, 0.15) is 18.2 Å². The minimum absolute atomic E-state index is 0.134. The van der Waals surface area contributed by atoms with Crippen molar-refractivity contribution in [2.24, 2.45) is 0 Å². The molecule has 0 saturated carbocycles. The summed E-state index contributed by atoms with van der Waals surface area (Å²) in [6.45, 7) is 1.34. The molecule has 0 aliphatic carbocycles. The van der Waals surface area contributed by atoms with Crippen LogP contribution in [0, 0.1) is 5.82 Å². The van der Waals surface area contributed by atoms with E-state index in [-0.39, 0.29) is 11.7 Å². The molecule has 1 N–H and O–H groups in total. The smallest absolute Gasteiger partial charge is 0.234 e. The van der Waals surface area contributed by atoms with Gasteiger partial charge in [-0.1, -0.05) is 11.3 Å². The second kappa shape index (κ2) is 4.74. The highest BCUT2D eigenvalue weighted by molar-refractivity contribution is 7.19. The third-order valence-electron chi connectivity index (χ3n) is 3.50. The Morgan fingerprint density at radius 1 is 1.38 bits per heavy atom. The van der Waals surface area contributed by atoms with Gasteiger partial charge in [0.2, 0.25) is 4.96 Å². The predicted octanol–water partition coefficient (Wildman–Crippen LogP) is 2.20. The van der Waals surface area contributed by atoms with Crippen molar-refractivity contribution < 1.29 is 14.2 Å². The van der Waals surface area contributed by atoms with Gasteiger partial charge in [-0.2, -0.15) is 9.61 Å². The van der Waals surface area contributed by atoms with Gasteiger partial charge in [0.15, 0.2) is 10.8 Å². The number of benzene rings is 1. The summed E-state index contributed by atoms with van der Waals surface area (Å²) in [5.41, 5.74) is 0.487. The van der Waals surface area contributed by atoms with E-state index < -0.39 is 5.82 Å². The lowest BCUT2D eigenvalue weighted by Crippen LogP contribution is -2.04. The highest BCUT2D eigenvalue weighted by atomic mass is 32.1. The summed E-state index contributed by atoms with van der Waals surface area (Å²) in [4.78, 5) is 0.649. The number of phenolic OH excluding ortho intramolecular Hbond substituents is 1. The second-order valence-corrected chi connectivity index (χ2v) is 5.84. The molecule has 6 nitrogen and oxygen atoms in total. The van der Waals surface area contributed by atoms with E-state index in [0.29, 0.717) is 22.1 Å². The average Bonchev–Trinajstić information content (AvgIpc) is 3.13. The largest absolute Gasteiger partial charge is 0.507 e. The van der Waals surface area contributed by atoms with Gasteiger partial charge in [0.1, 0.15) is 11.6 Å². The average molecular weight is 306 g/mol. The molecule has 1 aliphatic heterocycles. The summed E-state index contributed by atoms with van der Waals surface area (Å²) in [5, 5.41) is 23.2. The Bertz CT molecular complexity index is 810. The van der Waals surface area contributed by atoms with Gasteiger partial charge in [-0.15, -0.1) is 10.2 Å². The maximum atomic E-state index is 13.1. The molecule has 1 unspecified atom stereocenters. The summed E-state index contributed by atoms with van der Waals surface area (Å²) in [6.07, 6.45) is 0.898. The van der Waals surface area contributed by atoms with Crippen molar-refractivity contribution >= 4 is 16.3 Å². The normalized spacial score (nSPS) is 18.6. The quantitative estimate of drug-likeness (QED) is 0.786. The number of hydrogen-bond acceptors (Lipinski definition) is 6. The van der Waals surface area contributed by atoms with Crippen LogP contribution in [-0.2, 0) is 4.74 Å². The number of nitrogens with zero attached hydrogens (tertiary/aromatic N) is 4. The summed E-state index contributed by atoms with van der Waals surface area (Å²) in [6, 6.07) is 3.88. The van der Waals surface area contributed by atoms with Crippen LogP contribution in [-0.4, -0.2) is 38.1 Å². The topological polar surface area (TPSA) is 72.5 Å². The molecule has 1 aliphatic rings. The number of hydrogen-bond donors (Lipinski definition) is 1. The maximum Gasteiger partial charge on any atom is 0.234 e. The Balaban J connectivity index is 1.80. The lowest BCUT2D eigenvalue weighted by atomic mass is 10.1. The molecule has 4 rings (SSSR count). The molecule has 3 heterocycles. The maximum absolute atomic E-state index is 13.1. The zero-order chi connectivity index (χ0) is 14.4. The van der Waals surface area contributed by atoms with E-state index in [2.05, 4.69) is 15.3 Å². The zero-order valence-electron chi connectivity index (χ0n) is 10.9. The van der Waals surface area contributed by atoms with Crippen LogP contribution in [0.5, 0.6) is 5.75 Å². The van der Waals surface area contributed by atoms with Crippen molar-refractivity contribution in [1.82, 2.24) is 19.8 Å². The monoisotopic (exact) mass is 306 g/mol. The molecule has 1 atom stereocenters. The summed E-state index contributed by atoms with van der Waals surface area (Å²) in [5.74, 6) is 0.345. The molecule has 1 aromatic carbocycles. The lowest BCUT2D eigenvalue weighted by molar-refractivity contribution is 0.193. The van der Waals surface area contributed by atoms with Crippen LogP contribution in [0.2, 0.25) is 0 Å². The molecule has 0 radical (unpaired) electrons. The van der Waals surface area contributed by atoms with Crippen LogP contribution in [0.25, 0.3) is 15.5 Å². The molecule has 108 valence electrons. The minimum atomic E-state index is -0.483. The number of fused-ring (bicyclic) bond motifs is 1. The predicted molar refractivity (Wildman–Crippen MR) is 73.9 cm³/mol. The van der Waals surface area contributed by atoms with E-state index in [1.807, 2.05) is 0 Å². The first kappa shape index (κ1) is 12.7. The van der Waals surface area contributed by atoms with E-state index in [9.17, 15) is 9.50 Å². The van der Waals surface area contributed by atoms with Crippen molar-refractivity contribution in [1.29, 1.82) is 0 Å². The van der Waals surface area contributed by atoms with Crippen molar-refractivity contribution in [2.75, 3.05) is 13.2 Å². The van der Waals surface area contributed by atoms with E-state index in [1.165, 1.54) is 23.5 Å². The SMILES string of the molecule is Oc1cc(F)ccc1-c1nn2c(C3CCOC3)nnc2s1. The van der Waals surface area contributed by atoms with Crippen LogP contribution < -0.4 is 0 Å². The summed E-state index contributed by atoms with van der Waals surface area (Å²) >= 11 is 1.30. The number of halogens is 1. The lowest BCUT2D eigenvalue weighted by Gasteiger charge is -2.02. The first-order valence-corrected chi connectivity index (χ1v) is 7.33. The van der Waals surface area contributed by atoms with Gasteiger partial charge >= 0.3 is 0 Å². The van der Waals surface area contributed by atoms with Gasteiger partial charge in [-0.25, -0.2) is 4.39 Å². The van der Waals surface area contributed by atoms with Gasteiger partial charge in [-0.05, 0) is 18.6 Å². The van der Waals surface area contributed by atoms with Crippen LogP contribution >= 0.6 is 11.3 Å². The van der Waals surface area contributed by atoms with Crippen molar-refractivity contribution in [3.63, 3.8) is 0 Å². The Labute approximate surface area is 122 Å². The van der Waals surface area contributed by atoms with E-state index in [4.69, 9.17) is 4.74 Å². The Hall–Kier alpha value is -2.06. The Morgan fingerprint density at radius 2 is 2.29 bits per heavy atom. The van der Waals surface area contributed by atoms with Crippen molar-refractivity contribution in [3.05, 3.63) is 29.8 Å². The number of ether oxygens (including phenoxy) is 1. The molecule has 21 heavy (non-hydrogen) atoms. The standard InChI is InChI=1S/C13H11FN4O2S/c14-8-1-2-9(10(19)5-8)12-17-18-11(7-3-4-20-6-7)15-16-13(18)21-12/h1-2,5,7,19H,3-4,6H2. The molecule has 2 aromatic heterocycles. The number of rotatable bonds is 2. The molecule has 0 spiro atoms. The van der Waals surface area contributed by atoms with E-state index in [1.54, 1.807) is 4.52 Å². The van der Waals surface area contributed by atoms with Crippen molar-refractivity contribution in [3.8, 4) is 16.3 Å². The molecular weight excluding hydrogens is 295 g/mol. The van der Waals surface area contributed by atoms with Gasteiger partial charge in [0.25, 0.3) is 0 Å². The molecule has 1 saturated heterocycles. The van der Waals surface area contributed by atoms with Gasteiger partial charge in [0.05, 0.1) is 12.2 Å². The van der Waals surface area contributed by atoms with Gasteiger partial charge < -0.3 is 9.84 Å². The molecular formula is C13H11FN4O2S.